The molecule has 2 amide bonds. The van der Waals surface area contributed by atoms with Crippen LogP contribution in [0.2, 0.25) is 0 Å². The van der Waals surface area contributed by atoms with Crippen LogP contribution in [0.15, 0.2) is 18.2 Å². The van der Waals surface area contributed by atoms with Crippen LogP contribution in [-0.2, 0) is 9.59 Å². The zero-order valence-corrected chi connectivity index (χ0v) is 20.4. The predicted octanol–water partition coefficient (Wildman–Crippen LogP) is 3.80. The second-order valence-electron chi connectivity index (χ2n) is 11.4. The molecule has 33 heavy (non-hydrogen) atoms. The average Bonchev–Trinajstić information content (AvgIpc) is 2.76. The summed E-state index contributed by atoms with van der Waals surface area (Å²) in [5, 5.41) is 6.23. The number of nitrogens with one attached hydrogen (secondary N) is 2. The molecule has 0 atom stereocenters. The van der Waals surface area contributed by atoms with E-state index in [1.165, 1.54) is 30.5 Å². The van der Waals surface area contributed by atoms with Gasteiger partial charge in [0.05, 0.1) is 0 Å². The van der Waals surface area contributed by atoms with Gasteiger partial charge in [0.2, 0.25) is 11.8 Å². The third kappa shape index (κ3) is 4.91. The summed E-state index contributed by atoms with van der Waals surface area (Å²) in [6, 6.07) is 6.20. The van der Waals surface area contributed by atoms with Crippen LogP contribution in [0.25, 0.3) is 0 Å². The number of nitrogens with zero attached hydrogens (tertiary/aromatic N) is 2. The molecule has 0 radical (unpaired) electrons. The van der Waals surface area contributed by atoms with Crippen LogP contribution in [0.5, 0.6) is 0 Å². The van der Waals surface area contributed by atoms with E-state index < -0.39 is 0 Å². The monoisotopic (exact) mass is 452 g/mol. The third-order valence-electron chi connectivity index (χ3n) is 8.71. The molecular weight excluding hydrogens is 412 g/mol. The Labute approximate surface area is 198 Å². The SMILES string of the molecule is Cc1cc(NC(=O)CCCNC(=O)C23CC4CC(CC(C4)C2)C3)ccc1N1CCN(C)CC1. The van der Waals surface area contributed by atoms with Gasteiger partial charge in [-0.25, -0.2) is 0 Å². The van der Waals surface area contributed by atoms with E-state index in [0.717, 1.165) is 68.9 Å². The summed E-state index contributed by atoms with van der Waals surface area (Å²) in [4.78, 5) is 30.3. The summed E-state index contributed by atoms with van der Waals surface area (Å²) in [5.41, 5.74) is 3.21. The lowest BCUT2D eigenvalue weighted by Gasteiger charge is -2.55. The first-order valence-corrected chi connectivity index (χ1v) is 13.0. The third-order valence-corrected chi connectivity index (χ3v) is 8.71. The largest absolute Gasteiger partial charge is 0.369 e. The summed E-state index contributed by atoms with van der Waals surface area (Å²) in [7, 11) is 2.16. The molecule has 0 unspecified atom stereocenters. The van der Waals surface area contributed by atoms with Gasteiger partial charge in [-0.15, -0.1) is 0 Å². The molecule has 1 aromatic rings. The predicted molar refractivity (Wildman–Crippen MR) is 132 cm³/mol. The topological polar surface area (TPSA) is 64.7 Å². The van der Waals surface area contributed by atoms with Gasteiger partial charge >= 0.3 is 0 Å². The fraction of sp³-hybridized carbons (Fsp3) is 0.704. The molecule has 0 aromatic heterocycles. The van der Waals surface area contributed by atoms with E-state index >= 15 is 0 Å². The number of carbonyl (C=O) groups excluding carboxylic acids is 2. The summed E-state index contributed by atoms with van der Waals surface area (Å²) < 4.78 is 0. The highest BCUT2D eigenvalue weighted by Crippen LogP contribution is 2.60. The molecule has 6 nitrogen and oxygen atoms in total. The van der Waals surface area contributed by atoms with Gasteiger partial charge in [0.1, 0.15) is 0 Å². The molecule has 2 N–H and O–H groups in total. The summed E-state index contributed by atoms with van der Waals surface area (Å²) >= 11 is 0. The molecule has 6 heteroatoms. The Morgan fingerprint density at radius 2 is 1.64 bits per heavy atom. The Kier molecular flexibility index (Phi) is 6.39. The van der Waals surface area contributed by atoms with Crippen LogP contribution in [0.1, 0.15) is 56.9 Å². The maximum Gasteiger partial charge on any atom is 0.226 e. The van der Waals surface area contributed by atoms with Gasteiger partial charge in [-0.05, 0) is 100 Å². The lowest BCUT2D eigenvalue weighted by molar-refractivity contribution is -0.146. The van der Waals surface area contributed by atoms with Crippen LogP contribution < -0.4 is 15.5 Å². The molecule has 1 aromatic carbocycles. The van der Waals surface area contributed by atoms with Crippen LogP contribution in [0.4, 0.5) is 11.4 Å². The lowest BCUT2D eigenvalue weighted by atomic mass is 9.49. The molecule has 6 rings (SSSR count). The number of hydrogen-bond acceptors (Lipinski definition) is 4. The number of piperazine rings is 1. The molecule has 4 saturated carbocycles. The second kappa shape index (κ2) is 9.28. The molecule has 1 saturated heterocycles. The lowest BCUT2D eigenvalue weighted by Crippen LogP contribution is -2.53. The number of rotatable bonds is 7. The highest BCUT2D eigenvalue weighted by atomic mass is 16.2. The average molecular weight is 453 g/mol. The summed E-state index contributed by atoms with van der Waals surface area (Å²) in [6.45, 7) is 6.95. The van der Waals surface area contributed by atoms with Crippen molar-refractivity contribution in [3.05, 3.63) is 23.8 Å². The first kappa shape index (κ1) is 22.7. The van der Waals surface area contributed by atoms with Gasteiger partial charge < -0.3 is 20.4 Å². The molecular formula is C27H40N4O2. The van der Waals surface area contributed by atoms with Gasteiger partial charge in [-0.3, -0.25) is 9.59 Å². The van der Waals surface area contributed by atoms with Crippen molar-refractivity contribution in [1.29, 1.82) is 0 Å². The molecule has 5 fully saturated rings. The van der Waals surface area contributed by atoms with Gasteiger partial charge in [0.25, 0.3) is 0 Å². The van der Waals surface area contributed by atoms with Crippen molar-refractivity contribution in [2.75, 3.05) is 50.0 Å². The Morgan fingerprint density at radius 3 is 2.24 bits per heavy atom. The van der Waals surface area contributed by atoms with Crippen molar-refractivity contribution < 1.29 is 9.59 Å². The quantitative estimate of drug-likeness (QED) is 0.618. The fourth-order valence-electron chi connectivity index (χ4n) is 7.39. The highest BCUT2D eigenvalue weighted by molar-refractivity contribution is 5.91. The van der Waals surface area contributed by atoms with Crippen LogP contribution in [0, 0.1) is 30.1 Å². The van der Waals surface area contributed by atoms with Crippen molar-refractivity contribution in [2.45, 2.75) is 58.3 Å². The maximum atomic E-state index is 13.0. The molecule has 5 aliphatic rings. The smallest absolute Gasteiger partial charge is 0.226 e. The number of carbonyl (C=O) groups is 2. The van der Waals surface area contributed by atoms with Crippen LogP contribution in [-0.4, -0.2) is 56.5 Å². The fourth-order valence-corrected chi connectivity index (χ4v) is 7.39. The number of anilines is 2. The first-order chi connectivity index (χ1) is 15.9. The Hall–Kier alpha value is -2.08. The molecule has 4 aliphatic carbocycles. The van der Waals surface area contributed by atoms with Crippen molar-refractivity contribution in [3.63, 3.8) is 0 Å². The van der Waals surface area contributed by atoms with E-state index in [1.54, 1.807) is 0 Å². The van der Waals surface area contributed by atoms with Crippen LogP contribution >= 0.6 is 0 Å². The number of benzene rings is 1. The normalized spacial score (nSPS) is 31.0. The number of amides is 2. The molecule has 4 bridgehead atoms. The van der Waals surface area contributed by atoms with E-state index in [2.05, 4.69) is 46.5 Å². The van der Waals surface area contributed by atoms with Gasteiger partial charge in [-0.1, -0.05) is 0 Å². The van der Waals surface area contributed by atoms with Gasteiger partial charge in [0.15, 0.2) is 0 Å². The molecule has 0 spiro atoms. The van der Waals surface area contributed by atoms with Crippen molar-refractivity contribution in [1.82, 2.24) is 10.2 Å². The molecule has 1 aliphatic heterocycles. The molecule has 180 valence electrons. The maximum absolute atomic E-state index is 13.0. The van der Waals surface area contributed by atoms with Gasteiger partial charge in [-0.2, -0.15) is 0 Å². The van der Waals surface area contributed by atoms with E-state index in [9.17, 15) is 9.59 Å². The van der Waals surface area contributed by atoms with Crippen molar-refractivity contribution >= 4 is 23.2 Å². The molecule has 1 heterocycles. The highest BCUT2D eigenvalue weighted by Gasteiger charge is 2.54. The zero-order chi connectivity index (χ0) is 23.0. The number of aryl methyl sites for hydroxylation is 1. The van der Waals surface area contributed by atoms with E-state index in [-0.39, 0.29) is 17.2 Å². The Bertz CT molecular complexity index is 855. The summed E-state index contributed by atoms with van der Waals surface area (Å²) in [5.74, 6) is 2.61. The first-order valence-electron chi connectivity index (χ1n) is 13.0. The standard InChI is InChI=1S/C27H40N4O2/c1-19-12-23(5-6-24(19)31-10-8-30(2)9-11-31)29-25(32)4-3-7-28-26(33)27-16-20-13-21(17-27)15-22(14-20)18-27/h5-6,12,20-22H,3-4,7-11,13-18H2,1-2H3,(H,28,33)(H,29,32). The minimum Gasteiger partial charge on any atom is -0.369 e. The van der Waals surface area contributed by atoms with E-state index in [4.69, 9.17) is 0 Å². The van der Waals surface area contributed by atoms with Crippen molar-refractivity contribution in [3.8, 4) is 0 Å². The Morgan fingerprint density at radius 1 is 1.00 bits per heavy atom. The van der Waals surface area contributed by atoms with E-state index in [1.807, 2.05) is 6.07 Å². The summed E-state index contributed by atoms with van der Waals surface area (Å²) in [6.07, 6.45) is 8.44. The minimum atomic E-state index is -0.0972. The van der Waals surface area contributed by atoms with Crippen molar-refractivity contribution in [2.24, 2.45) is 23.2 Å². The van der Waals surface area contributed by atoms with Gasteiger partial charge in [0, 0.05) is 55.9 Å². The number of likely N-dealkylation sites (N-methyl/N-ethyl adjacent to an activating group) is 1. The van der Waals surface area contributed by atoms with Crippen LogP contribution in [0.3, 0.4) is 0 Å². The Balaban J connectivity index is 1.06. The minimum absolute atomic E-state index is 0.0193. The zero-order valence-electron chi connectivity index (χ0n) is 20.4. The van der Waals surface area contributed by atoms with E-state index in [0.29, 0.717) is 19.4 Å². The second-order valence-corrected chi connectivity index (χ2v) is 11.4. The number of hydrogen-bond donors (Lipinski definition) is 2.